The van der Waals surface area contributed by atoms with Gasteiger partial charge in [-0.25, -0.2) is 0 Å². The van der Waals surface area contributed by atoms with Crippen LogP contribution in [0.15, 0.2) is 47.1 Å². The average Bonchev–Trinajstić information content (AvgIpc) is 3.13. The summed E-state index contributed by atoms with van der Waals surface area (Å²) in [7, 11) is 1.28. The van der Waals surface area contributed by atoms with Gasteiger partial charge in [0, 0.05) is 18.2 Å². The topological polar surface area (TPSA) is 103 Å². The highest BCUT2D eigenvalue weighted by Gasteiger charge is 2.24. The number of methoxy groups -OCH3 is 1. The number of rotatable bonds is 8. The Kier molecular flexibility index (Phi) is 6.48. The van der Waals surface area contributed by atoms with Crippen LogP contribution in [0.1, 0.15) is 18.2 Å². The molecule has 2 aromatic rings. The summed E-state index contributed by atoms with van der Waals surface area (Å²) < 4.78 is 9.98. The van der Waals surface area contributed by atoms with E-state index in [0.717, 1.165) is 0 Å². The van der Waals surface area contributed by atoms with Gasteiger partial charge in [0.15, 0.2) is 0 Å². The van der Waals surface area contributed by atoms with Crippen molar-refractivity contribution in [1.29, 1.82) is 0 Å². The van der Waals surface area contributed by atoms with Gasteiger partial charge < -0.3 is 14.1 Å². The number of nitro benzene ring substituents is 1. The zero-order valence-corrected chi connectivity index (χ0v) is 14.6. The SMILES string of the molecule is COC(=O)C(C)CN(Cc1ccco1)C(=O)Cc1ccccc1[N+](=O)[O-]. The number of nitro groups is 1. The van der Waals surface area contributed by atoms with E-state index in [-0.39, 0.29) is 31.1 Å². The van der Waals surface area contributed by atoms with E-state index in [0.29, 0.717) is 11.3 Å². The molecule has 0 fully saturated rings. The second-order valence-electron chi connectivity index (χ2n) is 5.84. The fourth-order valence-corrected chi connectivity index (χ4v) is 2.56. The lowest BCUT2D eigenvalue weighted by Crippen LogP contribution is -2.37. The van der Waals surface area contributed by atoms with E-state index in [1.54, 1.807) is 37.3 Å². The number of benzene rings is 1. The van der Waals surface area contributed by atoms with Gasteiger partial charge in [-0.3, -0.25) is 19.7 Å². The summed E-state index contributed by atoms with van der Waals surface area (Å²) in [4.78, 5) is 36.5. The number of carbonyl (C=O) groups is 2. The molecule has 2 rings (SSSR count). The molecule has 0 saturated carbocycles. The van der Waals surface area contributed by atoms with Crippen molar-refractivity contribution in [1.82, 2.24) is 4.90 Å². The zero-order valence-electron chi connectivity index (χ0n) is 14.6. The Morgan fingerprint density at radius 3 is 2.62 bits per heavy atom. The molecule has 1 aromatic heterocycles. The Labute approximate surface area is 150 Å². The normalized spacial score (nSPS) is 11.6. The minimum Gasteiger partial charge on any atom is -0.469 e. The van der Waals surface area contributed by atoms with Crippen molar-refractivity contribution in [2.45, 2.75) is 19.9 Å². The monoisotopic (exact) mass is 360 g/mol. The number of nitrogens with zero attached hydrogens (tertiary/aromatic N) is 2. The van der Waals surface area contributed by atoms with Gasteiger partial charge in [-0.05, 0) is 12.1 Å². The summed E-state index contributed by atoms with van der Waals surface area (Å²) in [5, 5.41) is 11.1. The fraction of sp³-hybridized carbons (Fsp3) is 0.333. The van der Waals surface area contributed by atoms with Crippen LogP contribution in [0.5, 0.6) is 0 Å². The number of hydrogen-bond donors (Lipinski definition) is 0. The fourth-order valence-electron chi connectivity index (χ4n) is 2.56. The van der Waals surface area contributed by atoms with E-state index in [9.17, 15) is 19.7 Å². The summed E-state index contributed by atoms with van der Waals surface area (Å²) in [6.45, 7) is 1.93. The van der Waals surface area contributed by atoms with Gasteiger partial charge in [0.1, 0.15) is 5.76 Å². The van der Waals surface area contributed by atoms with Gasteiger partial charge in [-0.2, -0.15) is 0 Å². The smallest absolute Gasteiger partial charge is 0.310 e. The molecule has 0 spiro atoms. The van der Waals surface area contributed by atoms with E-state index < -0.39 is 16.8 Å². The highest BCUT2D eigenvalue weighted by Crippen LogP contribution is 2.20. The van der Waals surface area contributed by atoms with Gasteiger partial charge >= 0.3 is 5.97 Å². The second kappa shape index (κ2) is 8.80. The lowest BCUT2D eigenvalue weighted by Gasteiger charge is -2.24. The Morgan fingerprint density at radius 1 is 1.27 bits per heavy atom. The Morgan fingerprint density at radius 2 is 2.00 bits per heavy atom. The van der Waals surface area contributed by atoms with Crippen molar-refractivity contribution in [2.24, 2.45) is 5.92 Å². The van der Waals surface area contributed by atoms with Crippen LogP contribution in [0.2, 0.25) is 0 Å². The molecule has 0 N–H and O–H groups in total. The third-order valence-corrected chi connectivity index (χ3v) is 3.91. The van der Waals surface area contributed by atoms with E-state index in [1.165, 1.54) is 24.3 Å². The molecule has 138 valence electrons. The summed E-state index contributed by atoms with van der Waals surface area (Å²) in [6, 6.07) is 9.51. The summed E-state index contributed by atoms with van der Waals surface area (Å²) in [5.41, 5.74) is 0.206. The lowest BCUT2D eigenvalue weighted by atomic mass is 10.1. The molecule has 1 amide bonds. The average molecular weight is 360 g/mol. The molecule has 1 heterocycles. The minimum absolute atomic E-state index is 0.111. The van der Waals surface area contributed by atoms with E-state index in [2.05, 4.69) is 0 Å². The lowest BCUT2D eigenvalue weighted by molar-refractivity contribution is -0.385. The Hall–Kier alpha value is -3.16. The molecular weight excluding hydrogens is 340 g/mol. The number of hydrogen-bond acceptors (Lipinski definition) is 6. The van der Waals surface area contributed by atoms with Crippen molar-refractivity contribution in [3.63, 3.8) is 0 Å². The predicted octanol–water partition coefficient (Wildman–Crippen LogP) is 2.57. The zero-order chi connectivity index (χ0) is 19.1. The molecule has 8 nitrogen and oxygen atoms in total. The van der Waals surface area contributed by atoms with Crippen LogP contribution < -0.4 is 0 Å². The van der Waals surface area contributed by atoms with Gasteiger partial charge in [0.05, 0.1) is 37.2 Å². The highest BCUT2D eigenvalue weighted by atomic mass is 16.6. The van der Waals surface area contributed by atoms with Crippen molar-refractivity contribution < 1.29 is 23.7 Å². The third-order valence-electron chi connectivity index (χ3n) is 3.91. The molecule has 8 heteroatoms. The van der Waals surface area contributed by atoms with Gasteiger partial charge in [0.2, 0.25) is 5.91 Å². The molecule has 0 radical (unpaired) electrons. The predicted molar refractivity (Wildman–Crippen MR) is 92.1 cm³/mol. The molecule has 1 aromatic carbocycles. The molecule has 0 aliphatic rings. The molecule has 0 aliphatic heterocycles. The van der Waals surface area contributed by atoms with Crippen LogP contribution in [0.3, 0.4) is 0 Å². The molecule has 26 heavy (non-hydrogen) atoms. The van der Waals surface area contributed by atoms with Crippen LogP contribution in [0.4, 0.5) is 5.69 Å². The number of para-hydroxylation sites is 1. The van der Waals surface area contributed by atoms with Crippen molar-refractivity contribution in [3.8, 4) is 0 Å². The number of furan rings is 1. The first-order valence-electron chi connectivity index (χ1n) is 8.02. The number of carbonyl (C=O) groups excluding carboxylic acids is 2. The van der Waals surface area contributed by atoms with Gasteiger partial charge in [-0.1, -0.05) is 25.1 Å². The first kappa shape index (κ1) is 19.2. The van der Waals surface area contributed by atoms with Gasteiger partial charge in [0.25, 0.3) is 5.69 Å². The quantitative estimate of drug-likeness (QED) is 0.407. The van der Waals surface area contributed by atoms with E-state index >= 15 is 0 Å². The summed E-state index contributed by atoms with van der Waals surface area (Å²) in [5.74, 6) is -0.762. The van der Waals surface area contributed by atoms with Crippen LogP contribution in [-0.2, 0) is 27.3 Å². The molecule has 0 aliphatic carbocycles. The number of amides is 1. The minimum atomic E-state index is -0.537. The van der Waals surface area contributed by atoms with E-state index in [4.69, 9.17) is 9.15 Å². The maximum absolute atomic E-state index is 12.8. The molecule has 0 saturated heterocycles. The van der Waals surface area contributed by atoms with Crippen molar-refractivity contribution in [3.05, 3.63) is 64.1 Å². The number of esters is 1. The second-order valence-corrected chi connectivity index (χ2v) is 5.84. The Balaban J connectivity index is 2.19. The molecule has 1 unspecified atom stereocenters. The maximum Gasteiger partial charge on any atom is 0.310 e. The maximum atomic E-state index is 12.8. The molecular formula is C18H20N2O6. The van der Waals surface area contributed by atoms with Crippen molar-refractivity contribution >= 4 is 17.6 Å². The molecule has 1 atom stereocenters. The summed E-state index contributed by atoms with van der Waals surface area (Å²) >= 11 is 0. The Bertz CT molecular complexity index is 772. The van der Waals surface area contributed by atoms with Crippen LogP contribution in [-0.4, -0.2) is 35.4 Å². The highest BCUT2D eigenvalue weighted by molar-refractivity contribution is 5.81. The van der Waals surface area contributed by atoms with Crippen molar-refractivity contribution in [2.75, 3.05) is 13.7 Å². The third kappa shape index (κ3) is 4.92. The number of ether oxygens (including phenoxy) is 1. The van der Waals surface area contributed by atoms with Crippen LogP contribution in [0.25, 0.3) is 0 Å². The van der Waals surface area contributed by atoms with Crippen LogP contribution >= 0.6 is 0 Å². The van der Waals surface area contributed by atoms with Crippen LogP contribution in [0, 0.1) is 16.0 Å². The molecule has 0 bridgehead atoms. The summed E-state index contributed by atoms with van der Waals surface area (Å²) in [6.07, 6.45) is 1.34. The first-order valence-corrected chi connectivity index (χ1v) is 8.02. The van der Waals surface area contributed by atoms with E-state index in [1.807, 2.05) is 0 Å². The van der Waals surface area contributed by atoms with Gasteiger partial charge in [-0.15, -0.1) is 0 Å². The standard InChI is InChI=1S/C18H20N2O6/c1-13(18(22)25-2)11-19(12-15-7-5-9-26-15)17(21)10-14-6-3-4-8-16(14)20(23)24/h3-9,13H,10-12H2,1-2H3. The largest absolute Gasteiger partial charge is 0.469 e. The first-order chi connectivity index (χ1) is 12.4.